The minimum absolute atomic E-state index is 0.0576. The Morgan fingerprint density at radius 3 is 2.33 bits per heavy atom. The van der Waals surface area contributed by atoms with Crippen LogP contribution in [0.25, 0.3) is 0 Å². The van der Waals surface area contributed by atoms with Crippen LogP contribution in [0.3, 0.4) is 0 Å². The van der Waals surface area contributed by atoms with Crippen molar-refractivity contribution in [3.8, 4) is 0 Å². The number of esters is 2. The van der Waals surface area contributed by atoms with Crippen molar-refractivity contribution in [1.82, 2.24) is 10.8 Å². The lowest BCUT2D eigenvalue weighted by atomic mass is 9.82. The molecule has 242 valence electrons. The van der Waals surface area contributed by atoms with Gasteiger partial charge in [-0.1, -0.05) is 13.8 Å². The van der Waals surface area contributed by atoms with Gasteiger partial charge in [-0.2, -0.15) is 0 Å². The van der Waals surface area contributed by atoms with Gasteiger partial charge in [0.2, 0.25) is 0 Å². The van der Waals surface area contributed by atoms with E-state index in [0.717, 1.165) is 85.3 Å². The molecule has 5 aliphatic rings. The summed E-state index contributed by atoms with van der Waals surface area (Å²) in [7, 11) is 2.78. The van der Waals surface area contributed by atoms with E-state index in [9.17, 15) is 14.8 Å². The van der Waals surface area contributed by atoms with Crippen LogP contribution in [0.2, 0.25) is 0 Å². The fourth-order valence-electron chi connectivity index (χ4n) is 6.80. The van der Waals surface area contributed by atoms with Gasteiger partial charge in [0.15, 0.2) is 0 Å². The molecule has 1 saturated heterocycles. The molecule has 10 heteroatoms. The third-order valence-corrected chi connectivity index (χ3v) is 9.79. The molecule has 5 rings (SSSR count). The maximum atomic E-state index is 13.2. The van der Waals surface area contributed by atoms with Crippen molar-refractivity contribution >= 4 is 29.1 Å². The molecule has 3 unspecified atom stereocenters. The number of methoxy groups -OCH3 is 2. The van der Waals surface area contributed by atoms with Crippen molar-refractivity contribution in [3.63, 3.8) is 0 Å². The third kappa shape index (κ3) is 5.66. The third-order valence-electron chi connectivity index (χ3n) is 9.79. The molecule has 3 N–H and O–H groups in total. The predicted molar refractivity (Wildman–Crippen MR) is 179 cm³/mol. The number of fused-ring (bicyclic) bond motifs is 5. The van der Waals surface area contributed by atoms with Gasteiger partial charge in [0.1, 0.15) is 0 Å². The van der Waals surface area contributed by atoms with Gasteiger partial charge in [-0.25, -0.2) is 15.0 Å². The van der Waals surface area contributed by atoms with Crippen LogP contribution in [-0.2, 0) is 19.1 Å². The number of hydroxylamine groups is 1. The van der Waals surface area contributed by atoms with Crippen molar-refractivity contribution in [1.29, 1.82) is 0 Å². The van der Waals surface area contributed by atoms with Crippen molar-refractivity contribution in [2.24, 2.45) is 32.7 Å². The van der Waals surface area contributed by atoms with Crippen molar-refractivity contribution < 1.29 is 24.3 Å². The maximum absolute atomic E-state index is 13.2. The van der Waals surface area contributed by atoms with E-state index < -0.39 is 5.92 Å². The standard InChI is InChI=1S/C36H43N5O5/c1-10-23-19(4)28-15-31-25(16-37-44)21(6)27(39-31)13-29-20(5)24(11-12-32(42)45-8)35(41-29)33(22(7)36(43)46-9)34-18(3)17(2)26(40-34)14-30(23)38-28/h13-16,20,22,24,37,41,44H,10-12H2,1-9H3/b25-16-,26-14?,28-15?,29-13?,35-33?. The molecule has 8 bridgehead atoms. The van der Waals surface area contributed by atoms with Crippen LogP contribution in [0.15, 0.2) is 107 Å². The molecule has 0 saturated carbocycles. The van der Waals surface area contributed by atoms with Crippen molar-refractivity contribution in [2.45, 2.75) is 67.7 Å². The highest BCUT2D eigenvalue weighted by molar-refractivity contribution is 6.20. The molecule has 10 nitrogen and oxygen atoms in total. The zero-order valence-corrected chi connectivity index (χ0v) is 28.1. The Morgan fingerprint density at radius 2 is 1.67 bits per heavy atom. The first-order valence-electron chi connectivity index (χ1n) is 15.7. The lowest BCUT2D eigenvalue weighted by molar-refractivity contribution is -0.143. The topological polar surface area (TPSA) is 134 Å². The number of hydrogen-bond acceptors (Lipinski definition) is 10. The molecular weight excluding hydrogens is 582 g/mol. The molecular formula is C36H43N5O5. The second kappa shape index (κ2) is 13.0. The fraction of sp³-hybridized carbons (Fsp3) is 0.417. The van der Waals surface area contributed by atoms with Gasteiger partial charge in [0, 0.05) is 47.0 Å². The Bertz CT molecular complexity index is 1750. The first-order chi connectivity index (χ1) is 21.9. The van der Waals surface area contributed by atoms with Gasteiger partial charge >= 0.3 is 11.9 Å². The molecule has 0 aliphatic carbocycles. The molecule has 0 aromatic rings. The molecule has 5 aliphatic heterocycles. The summed E-state index contributed by atoms with van der Waals surface area (Å²) in [5.41, 5.74) is 15.0. The smallest absolute Gasteiger partial charge is 0.312 e. The number of allylic oxidation sites excluding steroid dienone is 11. The summed E-state index contributed by atoms with van der Waals surface area (Å²) >= 11 is 0. The quantitative estimate of drug-likeness (QED) is 0.230. The highest BCUT2D eigenvalue weighted by Crippen LogP contribution is 2.43. The van der Waals surface area contributed by atoms with E-state index in [-0.39, 0.29) is 30.2 Å². The van der Waals surface area contributed by atoms with E-state index in [1.807, 2.05) is 45.9 Å². The van der Waals surface area contributed by atoms with Crippen LogP contribution in [0.5, 0.6) is 0 Å². The second-order valence-corrected chi connectivity index (χ2v) is 12.2. The Balaban J connectivity index is 1.85. The monoisotopic (exact) mass is 625 g/mol. The first-order valence-corrected chi connectivity index (χ1v) is 15.7. The fourth-order valence-corrected chi connectivity index (χ4v) is 6.80. The summed E-state index contributed by atoms with van der Waals surface area (Å²) in [6.45, 7) is 14.2. The van der Waals surface area contributed by atoms with Gasteiger partial charge < -0.3 is 14.8 Å². The summed E-state index contributed by atoms with van der Waals surface area (Å²) in [5, 5.41) is 13.3. The van der Waals surface area contributed by atoms with E-state index in [0.29, 0.717) is 12.1 Å². The van der Waals surface area contributed by atoms with Gasteiger partial charge in [-0.05, 0) is 93.6 Å². The summed E-state index contributed by atoms with van der Waals surface area (Å²) in [6.07, 6.45) is 9.03. The number of aliphatic imine (C=N–C) groups is 3. The van der Waals surface area contributed by atoms with Gasteiger partial charge in [-0.15, -0.1) is 0 Å². The average molecular weight is 626 g/mol. The predicted octanol–water partition coefficient (Wildman–Crippen LogP) is 6.09. The Kier molecular flexibility index (Phi) is 9.30. The minimum Gasteiger partial charge on any atom is -0.469 e. The number of carbonyl (C=O) groups is 2. The molecule has 0 spiro atoms. The SMILES string of the molecule is CCC1=C(C)C2=CC3=NC(=C(C)/C3=C/NO)C=C3NC(=C(C(C)C(=O)OC)C4=NC(=CC1=N2)C(C)=C4C)C(CCC(=O)OC)C3C. The van der Waals surface area contributed by atoms with Crippen LogP contribution >= 0.6 is 0 Å². The van der Waals surface area contributed by atoms with Gasteiger partial charge in [0.05, 0.1) is 54.4 Å². The van der Waals surface area contributed by atoms with Crippen molar-refractivity contribution in [2.75, 3.05) is 14.2 Å². The second-order valence-electron chi connectivity index (χ2n) is 12.2. The number of hydrogen-bond donors (Lipinski definition) is 3. The largest absolute Gasteiger partial charge is 0.469 e. The van der Waals surface area contributed by atoms with E-state index in [4.69, 9.17) is 24.5 Å². The summed E-state index contributed by atoms with van der Waals surface area (Å²) in [4.78, 5) is 40.8. The molecule has 5 heterocycles. The summed E-state index contributed by atoms with van der Waals surface area (Å²) in [5.74, 6) is -1.52. The van der Waals surface area contributed by atoms with Crippen LogP contribution < -0.4 is 10.8 Å². The minimum atomic E-state index is -0.645. The molecule has 0 aromatic carbocycles. The van der Waals surface area contributed by atoms with E-state index in [2.05, 4.69) is 31.6 Å². The number of nitrogens with one attached hydrogen (secondary N) is 2. The highest BCUT2D eigenvalue weighted by Gasteiger charge is 2.40. The molecule has 0 radical (unpaired) electrons. The molecule has 3 atom stereocenters. The van der Waals surface area contributed by atoms with Crippen LogP contribution in [0.1, 0.15) is 67.7 Å². The first kappa shape index (κ1) is 32.8. The van der Waals surface area contributed by atoms with Crippen LogP contribution in [-0.4, -0.2) is 48.5 Å². The number of ether oxygens (including phenoxy) is 2. The number of nitrogens with zero attached hydrogens (tertiary/aromatic N) is 3. The van der Waals surface area contributed by atoms with Crippen LogP contribution in [0.4, 0.5) is 0 Å². The Labute approximate surface area is 270 Å². The highest BCUT2D eigenvalue weighted by atomic mass is 16.5. The number of carbonyl (C=O) groups excluding carboxylic acids is 2. The Hall–Kier alpha value is -4.57. The molecule has 46 heavy (non-hydrogen) atoms. The van der Waals surface area contributed by atoms with Crippen LogP contribution in [0, 0.1) is 17.8 Å². The molecule has 1 fully saturated rings. The lowest BCUT2D eigenvalue weighted by Gasteiger charge is -2.23. The normalized spacial score (nSPS) is 24.0. The maximum Gasteiger partial charge on any atom is 0.312 e. The lowest BCUT2D eigenvalue weighted by Crippen LogP contribution is -2.26. The summed E-state index contributed by atoms with van der Waals surface area (Å²) in [6, 6.07) is 0. The molecule has 0 amide bonds. The number of rotatable bonds is 7. The Morgan fingerprint density at radius 1 is 0.978 bits per heavy atom. The van der Waals surface area contributed by atoms with E-state index in [1.54, 1.807) is 0 Å². The molecule has 0 aromatic heterocycles. The zero-order valence-electron chi connectivity index (χ0n) is 28.1. The van der Waals surface area contributed by atoms with E-state index in [1.165, 1.54) is 20.4 Å². The van der Waals surface area contributed by atoms with Gasteiger partial charge in [0.25, 0.3) is 0 Å². The van der Waals surface area contributed by atoms with Gasteiger partial charge in [-0.3, -0.25) is 20.3 Å². The summed E-state index contributed by atoms with van der Waals surface area (Å²) < 4.78 is 10.3. The van der Waals surface area contributed by atoms with E-state index >= 15 is 0 Å². The average Bonchev–Trinajstić information content (AvgIpc) is 3.70. The van der Waals surface area contributed by atoms with Crippen molar-refractivity contribution in [3.05, 3.63) is 91.9 Å². The zero-order chi connectivity index (χ0) is 33.4.